The fourth-order valence-electron chi connectivity index (χ4n) is 7.93. The molecule has 0 aromatic rings. The van der Waals surface area contributed by atoms with Gasteiger partial charge >= 0.3 is 6.03 Å². The monoisotopic (exact) mass is 719 g/mol. The van der Waals surface area contributed by atoms with E-state index in [4.69, 9.17) is 0 Å². The molecule has 0 aromatic carbocycles. The molecule has 4 fully saturated rings. The maximum atomic E-state index is 14.5. The Morgan fingerprint density at radius 1 is 0.980 bits per heavy atom. The summed E-state index contributed by atoms with van der Waals surface area (Å²) in [6.45, 7) is 18.9. The number of urea groups is 1. The molecule has 0 spiro atoms. The standard InChI is InChI=1S/C37H61N5O7S/c1-10-19-38-31(45)28(43)25(20-23-15-16-23)39-30(44)27-26-24(36(26,8)9)21-42(27)32(46)29(34(3,4)5)40-33(47)41-37(17-13-12-14-18-37)22-50(48,49)35(6,7)11-2/h10,23-27,29H,1,11-22H2,2-9H3,(H,38,45)(H,39,44)(H2,40,41,47)/t24-,25?,26?,27-,29+/m0/s1. The maximum Gasteiger partial charge on any atom is 0.315 e. The third-order valence-electron chi connectivity index (χ3n) is 12.0. The summed E-state index contributed by atoms with van der Waals surface area (Å²) < 4.78 is 26.1. The lowest BCUT2D eigenvalue weighted by Gasteiger charge is -2.41. The van der Waals surface area contributed by atoms with Crippen LogP contribution in [0.2, 0.25) is 0 Å². The van der Waals surface area contributed by atoms with Crippen LogP contribution >= 0.6 is 0 Å². The molecule has 0 aromatic heterocycles. The van der Waals surface area contributed by atoms with Crippen LogP contribution in [0.4, 0.5) is 4.79 Å². The minimum absolute atomic E-state index is 0.0581. The lowest BCUT2D eigenvalue weighted by molar-refractivity contribution is -0.145. The number of fused-ring (bicyclic) bond motifs is 1. The first kappa shape index (κ1) is 39.8. The number of carbonyl (C=O) groups is 5. The number of ketones is 1. The summed E-state index contributed by atoms with van der Waals surface area (Å²) in [7, 11) is -3.57. The number of rotatable bonds is 15. The van der Waals surface area contributed by atoms with E-state index in [9.17, 15) is 32.4 Å². The predicted molar refractivity (Wildman–Crippen MR) is 193 cm³/mol. The number of hydrogen-bond acceptors (Lipinski definition) is 7. The van der Waals surface area contributed by atoms with E-state index < -0.39 is 73.2 Å². The van der Waals surface area contributed by atoms with Crippen molar-refractivity contribution in [3.8, 4) is 0 Å². The van der Waals surface area contributed by atoms with Crippen LogP contribution < -0.4 is 21.3 Å². The molecule has 5 atom stereocenters. The number of likely N-dealkylation sites (tertiary alicyclic amines) is 1. The van der Waals surface area contributed by atoms with Gasteiger partial charge in [0.1, 0.15) is 12.1 Å². The summed E-state index contributed by atoms with van der Waals surface area (Å²) >= 11 is 0. The van der Waals surface area contributed by atoms with Gasteiger partial charge in [-0.15, -0.1) is 6.58 Å². The zero-order valence-electron chi connectivity index (χ0n) is 31.4. The summed E-state index contributed by atoms with van der Waals surface area (Å²) in [6.07, 6.45) is 7.67. The van der Waals surface area contributed by atoms with Crippen molar-refractivity contribution < 1.29 is 32.4 Å². The van der Waals surface area contributed by atoms with Crippen molar-refractivity contribution in [3.05, 3.63) is 12.7 Å². The average molecular weight is 720 g/mol. The lowest BCUT2D eigenvalue weighted by Crippen LogP contribution is -2.64. The summed E-state index contributed by atoms with van der Waals surface area (Å²) in [4.78, 5) is 69.7. The van der Waals surface area contributed by atoms with Crippen LogP contribution in [-0.4, -0.2) is 90.1 Å². The molecule has 1 saturated heterocycles. The Kier molecular flexibility index (Phi) is 11.6. The van der Waals surface area contributed by atoms with Gasteiger partial charge in [-0.2, -0.15) is 0 Å². The van der Waals surface area contributed by atoms with Crippen molar-refractivity contribution in [2.24, 2.45) is 28.6 Å². The molecule has 12 nitrogen and oxygen atoms in total. The van der Waals surface area contributed by atoms with E-state index in [1.807, 2.05) is 27.7 Å². The Labute approximate surface area is 299 Å². The van der Waals surface area contributed by atoms with E-state index in [0.717, 1.165) is 32.1 Å². The fraction of sp³-hybridized carbons (Fsp3) is 0.811. The predicted octanol–water partition coefficient (Wildman–Crippen LogP) is 3.65. The molecule has 13 heteroatoms. The van der Waals surface area contributed by atoms with Gasteiger partial charge in [0.05, 0.1) is 22.1 Å². The Morgan fingerprint density at radius 2 is 1.60 bits per heavy atom. The number of nitrogens with zero attached hydrogens (tertiary/aromatic N) is 1. The van der Waals surface area contributed by atoms with E-state index in [1.165, 1.54) is 11.0 Å². The first-order valence-electron chi connectivity index (χ1n) is 18.5. The highest BCUT2D eigenvalue weighted by atomic mass is 32.2. The summed E-state index contributed by atoms with van der Waals surface area (Å²) in [6, 6.07) is -3.54. The minimum Gasteiger partial charge on any atom is -0.346 e. The zero-order chi connectivity index (χ0) is 37.4. The van der Waals surface area contributed by atoms with Crippen molar-refractivity contribution in [2.45, 2.75) is 142 Å². The molecular formula is C37H61N5O7S. The number of sulfone groups is 1. The molecule has 4 aliphatic rings. The third kappa shape index (κ3) is 8.56. The minimum atomic E-state index is -3.57. The van der Waals surface area contributed by atoms with Crippen LogP contribution in [0.1, 0.15) is 113 Å². The SMILES string of the molecule is C=CCNC(=O)C(=O)C(CC1CC1)NC(=O)[C@@H]1C2[C@H](CN1C(=O)[C@@H](NC(=O)NC1(CS(=O)(=O)C(C)(C)CC)CCCCC1)C(C)(C)C)C2(C)C. The molecule has 0 radical (unpaired) electrons. The van der Waals surface area contributed by atoms with Gasteiger partial charge in [0.25, 0.3) is 5.91 Å². The molecular weight excluding hydrogens is 659 g/mol. The summed E-state index contributed by atoms with van der Waals surface area (Å²) in [5.74, 6) is -2.43. The Balaban J connectivity index is 1.55. The van der Waals surface area contributed by atoms with Crippen LogP contribution in [-0.2, 0) is 29.0 Å². The molecule has 50 heavy (non-hydrogen) atoms. The van der Waals surface area contributed by atoms with Gasteiger partial charge < -0.3 is 26.2 Å². The van der Waals surface area contributed by atoms with Crippen molar-refractivity contribution in [2.75, 3.05) is 18.8 Å². The lowest BCUT2D eigenvalue weighted by atomic mass is 9.83. The van der Waals surface area contributed by atoms with Crippen molar-refractivity contribution >= 4 is 39.4 Å². The first-order chi connectivity index (χ1) is 23.1. The number of Topliss-reactive ketones (excluding diaryl/α,β-unsaturated/α-hetero) is 1. The van der Waals surface area contributed by atoms with Gasteiger partial charge in [0.15, 0.2) is 9.84 Å². The summed E-state index contributed by atoms with van der Waals surface area (Å²) in [5, 5.41) is 11.3. The highest BCUT2D eigenvalue weighted by Crippen LogP contribution is 2.65. The first-order valence-corrected chi connectivity index (χ1v) is 20.1. The van der Waals surface area contributed by atoms with Gasteiger partial charge in [-0.1, -0.05) is 79.7 Å². The van der Waals surface area contributed by atoms with Gasteiger partial charge in [-0.05, 0) is 68.1 Å². The average Bonchev–Trinajstić information content (AvgIpc) is 3.88. The molecule has 1 aliphatic heterocycles. The molecule has 3 saturated carbocycles. The van der Waals surface area contributed by atoms with Gasteiger partial charge in [-0.3, -0.25) is 19.2 Å². The molecule has 4 N–H and O–H groups in total. The number of carbonyl (C=O) groups excluding carboxylic acids is 5. The molecule has 5 amide bonds. The molecule has 282 valence electrons. The van der Waals surface area contributed by atoms with Crippen LogP contribution in [0, 0.1) is 28.6 Å². The van der Waals surface area contributed by atoms with E-state index in [2.05, 4.69) is 41.7 Å². The largest absolute Gasteiger partial charge is 0.346 e. The normalized spacial score (nSPS) is 25.4. The van der Waals surface area contributed by atoms with Crippen molar-refractivity contribution in [1.29, 1.82) is 0 Å². The topological polar surface area (TPSA) is 171 Å². The quantitative estimate of drug-likeness (QED) is 0.148. The highest BCUT2D eigenvalue weighted by molar-refractivity contribution is 7.92. The number of piperidine rings is 1. The zero-order valence-corrected chi connectivity index (χ0v) is 32.3. The number of hydrogen-bond donors (Lipinski definition) is 4. The Morgan fingerprint density at radius 3 is 2.14 bits per heavy atom. The van der Waals surface area contributed by atoms with E-state index in [-0.39, 0.29) is 35.5 Å². The fourth-order valence-corrected chi connectivity index (χ4v) is 9.85. The van der Waals surface area contributed by atoms with Crippen LogP contribution in [0.15, 0.2) is 12.7 Å². The van der Waals surface area contributed by atoms with E-state index in [1.54, 1.807) is 13.8 Å². The second-order valence-electron chi connectivity index (χ2n) is 17.6. The molecule has 1 heterocycles. The van der Waals surface area contributed by atoms with Gasteiger partial charge in [0.2, 0.25) is 17.6 Å². The molecule has 2 unspecified atom stereocenters. The van der Waals surface area contributed by atoms with E-state index >= 15 is 0 Å². The second-order valence-corrected chi connectivity index (χ2v) is 20.2. The van der Waals surface area contributed by atoms with Gasteiger partial charge in [-0.25, -0.2) is 13.2 Å². The second kappa shape index (κ2) is 14.6. The van der Waals surface area contributed by atoms with Crippen molar-refractivity contribution in [1.82, 2.24) is 26.2 Å². The van der Waals surface area contributed by atoms with Crippen LogP contribution in [0.25, 0.3) is 0 Å². The Bertz CT molecular complexity index is 1460. The van der Waals surface area contributed by atoms with E-state index in [0.29, 0.717) is 32.2 Å². The number of nitrogens with one attached hydrogen (secondary N) is 4. The molecule has 4 rings (SSSR count). The van der Waals surface area contributed by atoms with Crippen molar-refractivity contribution in [3.63, 3.8) is 0 Å². The van der Waals surface area contributed by atoms with Crippen LogP contribution in [0.3, 0.4) is 0 Å². The third-order valence-corrected chi connectivity index (χ3v) is 14.9. The highest BCUT2D eigenvalue weighted by Gasteiger charge is 2.70. The molecule has 0 bridgehead atoms. The smallest absolute Gasteiger partial charge is 0.315 e. The van der Waals surface area contributed by atoms with Gasteiger partial charge in [0, 0.05) is 13.1 Å². The molecule has 3 aliphatic carbocycles. The number of amides is 5. The van der Waals surface area contributed by atoms with Crippen LogP contribution in [0.5, 0.6) is 0 Å². The summed E-state index contributed by atoms with van der Waals surface area (Å²) in [5.41, 5.74) is -1.92. The Hall–Kier alpha value is -2.96. The maximum absolute atomic E-state index is 14.5.